The molecule has 82 valence electrons. The number of rotatable bonds is 4. The van der Waals surface area contributed by atoms with Crippen LogP contribution in [-0.2, 0) is 9.53 Å². The highest BCUT2D eigenvalue weighted by Gasteiger charge is 2.17. The van der Waals surface area contributed by atoms with Crippen LogP contribution in [0.25, 0.3) is 0 Å². The minimum absolute atomic E-state index is 0.364. The van der Waals surface area contributed by atoms with E-state index in [0.717, 1.165) is 0 Å². The van der Waals surface area contributed by atoms with Gasteiger partial charge in [0.15, 0.2) is 0 Å². The highest BCUT2D eigenvalue weighted by Crippen LogP contribution is 2.10. The molecule has 1 aromatic rings. The number of anilines is 1. The maximum Gasteiger partial charge on any atom is 0.330 e. The number of carbonyl (C=O) groups is 1. The fourth-order valence-corrected chi connectivity index (χ4v) is 1.07. The number of methoxy groups -OCH3 is 1. The zero-order valence-corrected chi connectivity index (χ0v) is 8.86. The molecule has 5 nitrogen and oxygen atoms in total. The summed E-state index contributed by atoms with van der Waals surface area (Å²) >= 11 is 5.64. The van der Waals surface area contributed by atoms with Gasteiger partial charge >= 0.3 is 5.97 Å². The molecule has 0 radical (unpaired) electrons. The first kappa shape index (κ1) is 11.7. The van der Waals surface area contributed by atoms with Crippen LogP contribution in [0.4, 0.5) is 5.82 Å². The lowest BCUT2D eigenvalue weighted by Crippen LogP contribution is -2.34. The summed E-state index contributed by atoms with van der Waals surface area (Å²) in [5, 5.41) is 12.1. The summed E-state index contributed by atoms with van der Waals surface area (Å²) in [5.74, 6) is -0.0990. The van der Waals surface area contributed by atoms with Crippen LogP contribution in [0.3, 0.4) is 0 Å². The molecule has 0 fully saturated rings. The quantitative estimate of drug-likeness (QED) is 0.745. The van der Waals surface area contributed by atoms with Crippen LogP contribution >= 0.6 is 11.6 Å². The van der Waals surface area contributed by atoms with Gasteiger partial charge in [-0.25, -0.2) is 9.78 Å². The van der Waals surface area contributed by atoms with Crippen molar-refractivity contribution in [1.82, 2.24) is 4.98 Å². The summed E-state index contributed by atoms with van der Waals surface area (Å²) in [6, 6.07) is 2.42. The molecule has 0 aromatic carbocycles. The molecule has 1 aromatic heterocycles. The Morgan fingerprint density at radius 1 is 1.73 bits per heavy atom. The normalized spacial score (nSPS) is 11.9. The number of hydrogen-bond acceptors (Lipinski definition) is 5. The van der Waals surface area contributed by atoms with Gasteiger partial charge in [0, 0.05) is 6.20 Å². The Morgan fingerprint density at radius 3 is 2.93 bits per heavy atom. The van der Waals surface area contributed by atoms with Crippen LogP contribution in [0.5, 0.6) is 0 Å². The van der Waals surface area contributed by atoms with E-state index in [1.165, 1.54) is 13.3 Å². The Labute approximate surface area is 92.0 Å². The molecular weight excluding hydrogens is 220 g/mol. The number of esters is 1. The number of halogens is 1. The standard InChI is InChI=1S/C9H11ClN2O3/c1-15-9(14)7(5-13)12-8-3-2-6(10)4-11-8/h2-4,7,13H,5H2,1H3,(H,11,12). The van der Waals surface area contributed by atoms with Crippen molar-refractivity contribution in [3.8, 4) is 0 Å². The number of hydrogen-bond donors (Lipinski definition) is 2. The number of aliphatic hydroxyl groups excluding tert-OH is 1. The van der Waals surface area contributed by atoms with Gasteiger partial charge in [0.25, 0.3) is 0 Å². The zero-order chi connectivity index (χ0) is 11.3. The van der Waals surface area contributed by atoms with E-state index in [-0.39, 0.29) is 6.61 Å². The van der Waals surface area contributed by atoms with Crippen molar-refractivity contribution < 1.29 is 14.6 Å². The van der Waals surface area contributed by atoms with Crippen molar-refractivity contribution in [2.75, 3.05) is 19.0 Å². The minimum Gasteiger partial charge on any atom is -0.467 e. The molecule has 1 heterocycles. The van der Waals surface area contributed by atoms with E-state index in [0.29, 0.717) is 10.8 Å². The molecule has 0 amide bonds. The number of ether oxygens (including phenoxy) is 1. The summed E-state index contributed by atoms with van der Waals surface area (Å²) in [6.45, 7) is -0.364. The molecule has 1 rings (SSSR count). The molecule has 15 heavy (non-hydrogen) atoms. The molecule has 0 bridgehead atoms. The van der Waals surface area contributed by atoms with Crippen molar-refractivity contribution in [2.24, 2.45) is 0 Å². The number of aliphatic hydroxyl groups is 1. The smallest absolute Gasteiger partial charge is 0.330 e. The van der Waals surface area contributed by atoms with Crippen molar-refractivity contribution in [3.05, 3.63) is 23.4 Å². The van der Waals surface area contributed by atoms with Gasteiger partial charge in [-0.05, 0) is 12.1 Å². The van der Waals surface area contributed by atoms with Gasteiger partial charge < -0.3 is 15.2 Å². The summed E-state index contributed by atoms with van der Waals surface area (Å²) < 4.78 is 4.48. The van der Waals surface area contributed by atoms with Crippen LogP contribution < -0.4 is 5.32 Å². The van der Waals surface area contributed by atoms with Crippen LogP contribution in [0, 0.1) is 0 Å². The lowest BCUT2D eigenvalue weighted by molar-refractivity contribution is -0.142. The van der Waals surface area contributed by atoms with Gasteiger partial charge in [-0.1, -0.05) is 11.6 Å². The number of nitrogens with one attached hydrogen (secondary N) is 1. The first-order chi connectivity index (χ1) is 7.17. The van der Waals surface area contributed by atoms with E-state index in [1.54, 1.807) is 12.1 Å². The maximum absolute atomic E-state index is 11.1. The minimum atomic E-state index is -0.816. The van der Waals surface area contributed by atoms with Crippen LogP contribution in [0.2, 0.25) is 5.02 Å². The third-order valence-corrected chi connectivity index (χ3v) is 1.94. The maximum atomic E-state index is 11.1. The molecule has 0 aliphatic carbocycles. The summed E-state index contributed by atoms with van der Waals surface area (Å²) in [4.78, 5) is 15.0. The van der Waals surface area contributed by atoms with E-state index in [1.807, 2.05) is 0 Å². The molecule has 0 aliphatic rings. The molecule has 1 unspecified atom stereocenters. The second kappa shape index (κ2) is 5.53. The topological polar surface area (TPSA) is 71.5 Å². The Bertz CT molecular complexity index is 329. The van der Waals surface area contributed by atoms with E-state index >= 15 is 0 Å². The van der Waals surface area contributed by atoms with E-state index in [9.17, 15) is 4.79 Å². The molecular formula is C9H11ClN2O3. The van der Waals surface area contributed by atoms with Gasteiger partial charge in [0.2, 0.25) is 0 Å². The summed E-state index contributed by atoms with van der Waals surface area (Å²) in [6.07, 6.45) is 1.44. The van der Waals surface area contributed by atoms with Crippen molar-refractivity contribution in [2.45, 2.75) is 6.04 Å². The Balaban J connectivity index is 2.66. The van der Waals surface area contributed by atoms with Crippen molar-refractivity contribution in [1.29, 1.82) is 0 Å². The van der Waals surface area contributed by atoms with Gasteiger partial charge in [0.05, 0.1) is 18.7 Å². The van der Waals surface area contributed by atoms with Gasteiger partial charge in [0.1, 0.15) is 11.9 Å². The van der Waals surface area contributed by atoms with E-state index in [4.69, 9.17) is 16.7 Å². The van der Waals surface area contributed by atoms with E-state index < -0.39 is 12.0 Å². The predicted molar refractivity (Wildman–Crippen MR) is 55.8 cm³/mol. The largest absolute Gasteiger partial charge is 0.467 e. The fourth-order valence-electron chi connectivity index (χ4n) is 0.961. The lowest BCUT2D eigenvalue weighted by Gasteiger charge is -2.13. The average Bonchev–Trinajstić information content (AvgIpc) is 2.27. The Kier molecular flexibility index (Phi) is 4.33. The Morgan fingerprint density at radius 2 is 2.47 bits per heavy atom. The fraction of sp³-hybridized carbons (Fsp3) is 0.333. The van der Waals surface area contributed by atoms with E-state index in [2.05, 4.69) is 15.0 Å². The molecule has 6 heteroatoms. The first-order valence-corrected chi connectivity index (χ1v) is 4.62. The molecule has 0 spiro atoms. The lowest BCUT2D eigenvalue weighted by atomic mass is 10.3. The average molecular weight is 231 g/mol. The number of nitrogens with zero attached hydrogens (tertiary/aromatic N) is 1. The molecule has 1 atom stereocenters. The van der Waals surface area contributed by atoms with Crippen LogP contribution in [0.1, 0.15) is 0 Å². The number of carbonyl (C=O) groups excluding carboxylic acids is 1. The predicted octanol–water partition coefficient (Wildman–Crippen LogP) is 0.681. The third kappa shape index (κ3) is 3.38. The highest BCUT2D eigenvalue weighted by molar-refractivity contribution is 6.30. The van der Waals surface area contributed by atoms with Gasteiger partial charge in [-0.3, -0.25) is 0 Å². The molecule has 0 saturated heterocycles. The number of pyridine rings is 1. The molecule has 0 saturated carbocycles. The van der Waals surface area contributed by atoms with Gasteiger partial charge in [-0.15, -0.1) is 0 Å². The SMILES string of the molecule is COC(=O)C(CO)Nc1ccc(Cl)cn1. The first-order valence-electron chi connectivity index (χ1n) is 4.24. The van der Waals surface area contributed by atoms with Crippen molar-refractivity contribution >= 4 is 23.4 Å². The highest BCUT2D eigenvalue weighted by atomic mass is 35.5. The van der Waals surface area contributed by atoms with Gasteiger partial charge in [-0.2, -0.15) is 0 Å². The third-order valence-electron chi connectivity index (χ3n) is 1.72. The summed E-state index contributed by atoms with van der Waals surface area (Å²) in [7, 11) is 1.25. The molecule has 0 aliphatic heterocycles. The second-order valence-electron chi connectivity index (χ2n) is 2.76. The molecule has 2 N–H and O–H groups in total. The second-order valence-corrected chi connectivity index (χ2v) is 3.20. The summed E-state index contributed by atoms with van der Waals surface area (Å²) in [5.41, 5.74) is 0. The van der Waals surface area contributed by atoms with Crippen LogP contribution in [-0.4, -0.2) is 35.8 Å². The van der Waals surface area contributed by atoms with Crippen LogP contribution in [0.15, 0.2) is 18.3 Å². The monoisotopic (exact) mass is 230 g/mol. The Hall–Kier alpha value is -1.33. The number of aromatic nitrogens is 1. The zero-order valence-electron chi connectivity index (χ0n) is 8.11. The van der Waals surface area contributed by atoms with Crippen molar-refractivity contribution in [3.63, 3.8) is 0 Å².